The molecular weight excluding hydrogens is 286 g/mol. The molecule has 0 amide bonds. The Morgan fingerprint density at radius 1 is 1.22 bits per heavy atom. The quantitative estimate of drug-likeness (QED) is 0.835. The minimum Gasteiger partial charge on any atom is -0.307 e. The van der Waals surface area contributed by atoms with E-state index in [-0.39, 0.29) is 0 Å². The molecular formula is C16H24BrN. The van der Waals surface area contributed by atoms with Gasteiger partial charge in [-0.05, 0) is 49.7 Å². The van der Waals surface area contributed by atoms with Gasteiger partial charge in [-0.1, -0.05) is 48.0 Å². The van der Waals surface area contributed by atoms with Crippen LogP contribution in [-0.4, -0.2) is 6.04 Å². The summed E-state index contributed by atoms with van der Waals surface area (Å²) in [5.41, 5.74) is 1.36. The average molecular weight is 310 g/mol. The Bertz CT molecular complexity index is 390. The lowest BCUT2D eigenvalue weighted by molar-refractivity contribution is 0.216. The van der Waals surface area contributed by atoms with E-state index < -0.39 is 0 Å². The molecule has 2 rings (SSSR count). The Kier molecular flexibility index (Phi) is 4.85. The molecule has 0 saturated heterocycles. The highest BCUT2D eigenvalue weighted by Gasteiger charge is 2.26. The summed E-state index contributed by atoms with van der Waals surface area (Å²) in [6.45, 7) is 7.04. The van der Waals surface area contributed by atoms with Crippen molar-refractivity contribution >= 4 is 15.9 Å². The summed E-state index contributed by atoms with van der Waals surface area (Å²) < 4.78 is 1.21. The molecule has 4 unspecified atom stereocenters. The van der Waals surface area contributed by atoms with Gasteiger partial charge in [-0.25, -0.2) is 0 Å². The van der Waals surface area contributed by atoms with E-state index in [1.165, 1.54) is 29.3 Å². The number of benzene rings is 1. The van der Waals surface area contributed by atoms with Gasteiger partial charge in [0.05, 0.1) is 0 Å². The highest BCUT2D eigenvalue weighted by Crippen LogP contribution is 2.31. The Hall–Kier alpha value is -0.340. The molecule has 0 spiro atoms. The van der Waals surface area contributed by atoms with E-state index in [1.54, 1.807) is 0 Å². The highest BCUT2D eigenvalue weighted by molar-refractivity contribution is 9.10. The molecule has 1 aliphatic carbocycles. The van der Waals surface area contributed by atoms with E-state index in [2.05, 4.69) is 66.3 Å². The highest BCUT2D eigenvalue weighted by atomic mass is 79.9. The fraction of sp³-hybridized carbons (Fsp3) is 0.625. The van der Waals surface area contributed by atoms with Gasteiger partial charge in [0, 0.05) is 16.6 Å². The number of hydrogen-bond acceptors (Lipinski definition) is 1. The van der Waals surface area contributed by atoms with Gasteiger partial charge in [-0.15, -0.1) is 0 Å². The molecule has 1 N–H and O–H groups in total. The van der Waals surface area contributed by atoms with Crippen molar-refractivity contribution < 1.29 is 0 Å². The molecule has 1 saturated carbocycles. The predicted octanol–water partition coefficient (Wildman–Crippen LogP) is 4.92. The average Bonchev–Trinajstić information content (AvgIpc) is 2.33. The van der Waals surface area contributed by atoms with Gasteiger partial charge in [0.15, 0.2) is 0 Å². The lowest BCUT2D eigenvalue weighted by atomic mass is 9.79. The summed E-state index contributed by atoms with van der Waals surface area (Å²) in [7, 11) is 0. The molecule has 0 aliphatic heterocycles. The third-order valence-electron chi connectivity index (χ3n) is 4.27. The van der Waals surface area contributed by atoms with Crippen LogP contribution in [0.3, 0.4) is 0 Å². The Morgan fingerprint density at radius 3 is 2.61 bits per heavy atom. The van der Waals surface area contributed by atoms with E-state index in [9.17, 15) is 0 Å². The standard InChI is InChI=1S/C16H24BrN/c1-11-8-9-16(12(2)10-11)18-13(3)14-6-4-5-7-15(14)17/h4-7,11-13,16,18H,8-10H2,1-3H3. The number of nitrogens with one attached hydrogen (secondary N) is 1. The second kappa shape index (κ2) is 6.21. The summed E-state index contributed by atoms with van der Waals surface area (Å²) in [4.78, 5) is 0. The van der Waals surface area contributed by atoms with Crippen molar-refractivity contribution in [1.82, 2.24) is 5.32 Å². The van der Waals surface area contributed by atoms with Crippen LogP contribution in [0.15, 0.2) is 28.7 Å². The third-order valence-corrected chi connectivity index (χ3v) is 4.99. The number of rotatable bonds is 3. The first-order chi connectivity index (χ1) is 8.58. The van der Waals surface area contributed by atoms with E-state index >= 15 is 0 Å². The third kappa shape index (κ3) is 3.36. The smallest absolute Gasteiger partial charge is 0.0305 e. The van der Waals surface area contributed by atoms with Crippen LogP contribution >= 0.6 is 15.9 Å². The molecule has 2 heteroatoms. The van der Waals surface area contributed by atoms with E-state index in [0.717, 1.165) is 11.8 Å². The Balaban J connectivity index is 1.99. The topological polar surface area (TPSA) is 12.0 Å². The minimum absolute atomic E-state index is 0.418. The largest absolute Gasteiger partial charge is 0.307 e. The first-order valence-corrected chi connectivity index (χ1v) is 7.87. The molecule has 0 radical (unpaired) electrons. The minimum atomic E-state index is 0.418. The number of halogens is 1. The van der Waals surface area contributed by atoms with Crippen molar-refractivity contribution in [3.8, 4) is 0 Å². The van der Waals surface area contributed by atoms with Crippen molar-refractivity contribution in [3.63, 3.8) is 0 Å². The summed E-state index contributed by atoms with van der Waals surface area (Å²) >= 11 is 3.65. The fourth-order valence-corrected chi connectivity index (χ4v) is 3.78. The van der Waals surface area contributed by atoms with E-state index in [1.807, 2.05) is 0 Å². The zero-order valence-corrected chi connectivity index (χ0v) is 13.2. The van der Waals surface area contributed by atoms with Crippen molar-refractivity contribution in [1.29, 1.82) is 0 Å². The second-order valence-electron chi connectivity index (χ2n) is 5.91. The molecule has 1 nitrogen and oxygen atoms in total. The maximum atomic E-state index is 3.82. The van der Waals surface area contributed by atoms with Crippen LogP contribution in [0.1, 0.15) is 51.6 Å². The van der Waals surface area contributed by atoms with E-state index in [4.69, 9.17) is 0 Å². The summed E-state index contributed by atoms with van der Waals surface area (Å²) in [6.07, 6.45) is 4.04. The Morgan fingerprint density at radius 2 is 1.94 bits per heavy atom. The summed E-state index contributed by atoms with van der Waals surface area (Å²) in [5, 5.41) is 3.82. The first kappa shape index (κ1) is 14.1. The van der Waals surface area contributed by atoms with Crippen molar-refractivity contribution in [2.45, 2.75) is 52.1 Å². The number of hydrogen-bond donors (Lipinski definition) is 1. The van der Waals surface area contributed by atoms with Crippen molar-refractivity contribution in [2.24, 2.45) is 11.8 Å². The molecule has 18 heavy (non-hydrogen) atoms. The zero-order valence-electron chi connectivity index (χ0n) is 11.6. The van der Waals surface area contributed by atoms with Gasteiger partial charge in [0.2, 0.25) is 0 Å². The lowest BCUT2D eigenvalue weighted by Gasteiger charge is -2.35. The molecule has 1 aromatic carbocycles. The second-order valence-corrected chi connectivity index (χ2v) is 6.77. The van der Waals surface area contributed by atoms with E-state index in [0.29, 0.717) is 12.1 Å². The van der Waals surface area contributed by atoms with Gasteiger partial charge < -0.3 is 5.32 Å². The fourth-order valence-electron chi connectivity index (χ4n) is 3.15. The summed E-state index contributed by atoms with van der Waals surface area (Å²) in [5.74, 6) is 1.69. The predicted molar refractivity (Wildman–Crippen MR) is 81.7 cm³/mol. The van der Waals surface area contributed by atoms with Crippen LogP contribution < -0.4 is 5.32 Å². The van der Waals surface area contributed by atoms with Crippen LogP contribution in [0.25, 0.3) is 0 Å². The summed E-state index contributed by atoms with van der Waals surface area (Å²) in [6, 6.07) is 9.61. The van der Waals surface area contributed by atoms with Crippen molar-refractivity contribution in [3.05, 3.63) is 34.3 Å². The molecule has 100 valence electrons. The molecule has 0 bridgehead atoms. The molecule has 1 aliphatic rings. The normalized spacial score (nSPS) is 30.1. The maximum absolute atomic E-state index is 3.82. The molecule has 1 aromatic rings. The first-order valence-electron chi connectivity index (χ1n) is 7.08. The molecule has 1 fully saturated rings. The van der Waals surface area contributed by atoms with Gasteiger partial charge in [-0.2, -0.15) is 0 Å². The van der Waals surface area contributed by atoms with Crippen LogP contribution in [0.2, 0.25) is 0 Å². The van der Waals surface area contributed by atoms with Crippen molar-refractivity contribution in [2.75, 3.05) is 0 Å². The van der Waals surface area contributed by atoms with Gasteiger partial charge in [0.25, 0.3) is 0 Å². The molecule has 4 atom stereocenters. The SMILES string of the molecule is CC1CCC(NC(C)c2ccccc2Br)C(C)C1. The van der Waals surface area contributed by atoms with Crippen LogP contribution in [0.4, 0.5) is 0 Å². The van der Waals surface area contributed by atoms with Gasteiger partial charge in [0.1, 0.15) is 0 Å². The Labute approximate surface area is 119 Å². The van der Waals surface area contributed by atoms with Crippen LogP contribution in [-0.2, 0) is 0 Å². The van der Waals surface area contributed by atoms with Crippen LogP contribution in [0, 0.1) is 11.8 Å². The van der Waals surface area contributed by atoms with Gasteiger partial charge >= 0.3 is 0 Å². The molecule has 0 aromatic heterocycles. The molecule has 0 heterocycles. The van der Waals surface area contributed by atoms with Crippen LogP contribution in [0.5, 0.6) is 0 Å². The zero-order chi connectivity index (χ0) is 13.1. The van der Waals surface area contributed by atoms with Gasteiger partial charge in [-0.3, -0.25) is 0 Å². The lowest BCUT2D eigenvalue weighted by Crippen LogP contribution is -2.40. The maximum Gasteiger partial charge on any atom is 0.0305 e. The monoisotopic (exact) mass is 309 g/mol.